The van der Waals surface area contributed by atoms with E-state index in [4.69, 9.17) is 16.3 Å². The molecule has 0 amide bonds. The van der Waals surface area contributed by atoms with E-state index < -0.39 is 10.0 Å². The zero-order chi connectivity index (χ0) is 18.6. The number of hydrogen-bond donors (Lipinski definition) is 1. The van der Waals surface area contributed by atoms with Crippen molar-refractivity contribution in [3.05, 3.63) is 63.6 Å². The van der Waals surface area contributed by atoms with E-state index >= 15 is 0 Å². The maximum absolute atomic E-state index is 12.9. The van der Waals surface area contributed by atoms with Gasteiger partial charge in [0, 0.05) is 24.1 Å². The number of hydrogen-bond acceptors (Lipinski definition) is 4. The summed E-state index contributed by atoms with van der Waals surface area (Å²) in [6, 6.07) is 14.0. The standard InChI is InChI=1S/C18H20BrClN2O3S/c19-15-6-7-18(16(20)12-15)26(23,24)21-17(14-4-2-1-3-5-14)13-22-8-10-25-11-9-22/h1-7,12,17,21H,8-11,13H2. The Kier molecular flexibility index (Phi) is 6.71. The molecular weight excluding hydrogens is 440 g/mol. The molecule has 1 saturated heterocycles. The minimum absolute atomic E-state index is 0.0743. The largest absolute Gasteiger partial charge is 0.379 e. The first-order chi connectivity index (χ1) is 12.5. The first-order valence-electron chi connectivity index (χ1n) is 8.28. The molecule has 2 aromatic carbocycles. The van der Waals surface area contributed by atoms with E-state index in [9.17, 15) is 8.42 Å². The van der Waals surface area contributed by atoms with Gasteiger partial charge in [0.25, 0.3) is 0 Å². The van der Waals surface area contributed by atoms with Gasteiger partial charge in [-0.2, -0.15) is 0 Å². The summed E-state index contributed by atoms with van der Waals surface area (Å²) in [5.74, 6) is 0. The summed E-state index contributed by atoms with van der Waals surface area (Å²) in [4.78, 5) is 2.28. The second-order valence-electron chi connectivity index (χ2n) is 6.07. The van der Waals surface area contributed by atoms with Gasteiger partial charge in [-0.25, -0.2) is 13.1 Å². The maximum Gasteiger partial charge on any atom is 0.242 e. The fourth-order valence-electron chi connectivity index (χ4n) is 2.88. The highest BCUT2D eigenvalue weighted by molar-refractivity contribution is 9.10. The van der Waals surface area contributed by atoms with Crippen LogP contribution in [-0.2, 0) is 14.8 Å². The van der Waals surface area contributed by atoms with Gasteiger partial charge in [0.2, 0.25) is 10.0 Å². The molecule has 0 aliphatic carbocycles. The Morgan fingerprint density at radius 3 is 2.50 bits per heavy atom. The van der Waals surface area contributed by atoms with E-state index in [0.29, 0.717) is 19.8 Å². The monoisotopic (exact) mass is 458 g/mol. The van der Waals surface area contributed by atoms with Crippen molar-refractivity contribution >= 4 is 37.6 Å². The fraction of sp³-hybridized carbons (Fsp3) is 0.333. The fourth-order valence-corrected chi connectivity index (χ4v) is 5.14. The number of sulfonamides is 1. The molecule has 26 heavy (non-hydrogen) atoms. The first kappa shape index (κ1) is 19.8. The molecule has 0 radical (unpaired) electrons. The van der Waals surface area contributed by atoms with E-state index in [0.717, 1.165) is 23.1 Å². The number of nitrogens with zero attached hydrogens (tertiary/aromatic N) is 1. The molecule has 1 unspecified atom stereocenters. The first-order valence-corrected chi connectivity index (χ1v) is 10.9. The molecule has 8 heteroatoms. The third-order valence-electron chi connectivity index (χ3n) is 4.23. The van der Waals surface area contributed by atoms with E-state index in [-0.39, 0.29) is 16.0 Å². The highest BCUT2D eigenvalue weighted by Crippen LogP contribution is 2.27. The lowest BCUT2D eigenvalue weighted by molar-refractivity contribution is 0.0345. The van der Waals surface area contributed by atoms with Crippen LogP contribution in [0.3, 0.4) is 0 Å². The smallest absolute Gasteiger partial charge is 0.242 e. The second kappa shape index (κ2) is 8.82. The molecule has 1 N–H and O–H groups in total. The number of nitrogens with one attached hydrogen (secondary N) is 1. The molecule has 0 spiro atoms. The molecular formula is C18H20BrClN2O3S. The number of benzene rings is 2. The van der Waals surface area contributed by atoms with Crippen LogP contribution in [0.5, 0.6) is 0 Å². The van der Waals surface area contributed by atoms with Crippen LogP contribution >= 0.6 is 27.5 Å². The molecule has 1 aliphatic rings. The predicted molar refractivity (Wildman–Crippen MR) is 106 cm³/mol. The summed E-state index contributed by atoms with van der Waals surface area (Å²) < 4.78 is 34.8. The van der Waals surface area contributed by atoms with Crippen molar-refractivity contribution in [1.29, 1.82) is 0 Å². The van der Waals surface area contributed by atoms with Crippen molar-refractivity contribution in [3.8, 4) is 0 Å². The topological polar surface area (TPSA) is 58.6 Å². The molecule has 0 saturated carbocycles. The molecule has 0 aromatic heterocycles. The van der Waals surface area contributed by atoms with Gasteiger partial charge >= 0.3 is 0 Å². The van der Waals surface area contributed by atoms with Crippen molar-refractivity contribution in [2.45, 2.75) is 10.9 Å². The average Bonchev–Trinajstić information content (AvgIpc) is 2.62. The van der Waals surface area contributed by atoms with E-state index in [1.165, 1.54) is 6.07 Å². The zero-order valence-corrected chi connectivity index (χ0v) is 17.2. The Morgan fingerprint density at radius 2 is 1.85 bits per heavy atom. The van der Waals surface area contributed by atoms with Crippen LogP contribution in [0.25, 0.3) is 0 Å². The molecule has 2 aromatic rings. The third-order valence-corrected chi connectivity index (χ3v) is 6.68. The number of ether oxygens (including phenoxy) is 1. The Balaban J connectivity index is 1.86. The minimum Gasteiger partial charge on any atom is -0.379 e. The van der Waals surface area contributed by atoms with Gasteiger partial charge in [-0.15, -0.1) is 0 Å². The lowest BCUT2D eigenvalue weighted by atomic mass is 10.1. The highest BCUT2D eigenvalue weighted by atomic mass is 79.9. The molecule has 1 fully saturated rings. The molecule has 1 heterocycles. The van der Waals surface area contributed by atoms with Gasteiger partial charge in [-0.3, -0.25) is 4.90 Å². The van der Waals surface area contributed by atoms with Gasteiger partial charge in [-0.05, 0) is 23.8 Å². The molecule has 0 bridgehead atoms. The van der Waals surface area contributed by atoms with Crippen molar-refractivity contribution in [3.63, 3.8) is 0 Å². The minimum atomic E-state index is -3.77. The van der Waals surface area contributed by atoms with Gasteiger partial charge < -0.3 is 4.74 Å². The quantitative estimate of drug-likeness (QED) is 0.719. The summed E-state index contributed by atoms with van der Waals surface area (Å²) in [5.41, 5.74) is 0.913. The Morgan fingerprint density at radius 1 is 1.15 bits per heavy atom. The summed E-state index contributed by atoms with van der Waals surface area (Å²) >= 11 is 9.46. The third kappa shape index (κ3) is 5.06. The van der Waals surface area contributed by atoms with Crippen LogP contribution in [0.4, 0.5) is 0 Å². The molecule has 1 atom stereocenters. The predicted octanol–water partition coefficient (Wildman–Crippen LogP) is 3.45. The Bertz CT molecular complexity index is 843. The molecule has 3 rings (SSSR count). The molecule has 140 valence electrons. The van der Waals surface area contributed by atoms with E-state index in [1.807, 2.05) is 30.3 Å². The van der Waals surface area contributed by atoms with Crippen LogP contribution in [0.1, 0.15) is 11.6 Å². The summed E-state index contributed by atoms with van der Waals surface area (Å²) in [7, 11) is -3.77. The van der Waals surface area contributed by atoms with Crippen molar-refractivity contribution in [1.82, 2.24) is 9.62 Å². The average molecular weight is 460 g/mol. The molecule has 1 aliphatic heterocycles. The van der Waals surface area contributed by atoms with Crippen molar-refractivity contribution in [2.75, 3.05) is 32.8 Å². The summed E-state index contributed by atoms with van der Waals surface area (Å²) in [5, 5.41) is 0.185. The van der Waals surface area contributed by atoms with Crippen molar-refractivity contribution < 1.29 is 13.2 Å². The maximum atomic E-state index is 12.9. The van der Waals surface area contributed by atoms with E-state index in [2.05, 4.69) is 25.6 Å². The SMILES string of the molecule is O=S(=O)(NC(CN1CCOCC1)c1ccccc1)c1ccc(Br)cc1Cl. The normalized spacial score (nSPS) is 17.2. The highest BCUT2D eigenvalue weighted by Gasteiger charge is 2.26. The van der Waals surface area contributed by atoms with Gasteiger partial charge in [0.1, 0.15) is 4.90 Å². The zero-order valence-electron chi connectivity index (χ0n) is 14.1. The summed E-state index contributed by atoms with van der Waals surface area (Å²) in [6.45, 7) is 3.45. The van der Waals surface area contributed by atoms with Gasteiger partial charge in [-0.1, -0.05) is 57.9 Å². The van der Waals surface area contributed by atoms with E-state index in [1.54, 1.807) is 12.1 Å². The molecule has 5 nitrogen and oxygen atoms in total. The Labute approximate surface area is 167 Å². The van der Waals surface area contributed by atoms with Crippen LogP contribution in [0, 0.1) is 0 Å². The number of morpholine rings is 1. The van der Waals surface area contributed by atoms with Gasteiger partial charge in [0.15, 0.2) is 0 Å². The number of halogens is 2. The lowest BCUT2D eigenvalue weighted by Gasteiger charge is -2.31. The van der Waals surface area contributed by atoms with Crippen LogP contribution < -0.4 is 4.72 Å². The van der Waals surface area contributed by atoms with Crippen LogP contribution in [-0.4, -0.2) is 46.2 Å². The van der Waals surface area contributed by atoms with Crippen LogP contribution in [0.2, 0.25) is 5.02 Å². The summed E-state index contributed by atoms with van der Waals surface area (Å²) in [6.07, 6.45) is 0. The Hall–Kier alpha value is -0.960. The second-order valence-corrected chi connectivity index (χ2v) is 9.08. The van der Waals surface area contributed by atoms with Gasteiger partial charge in [0.05, 0.1) is 24.3 Å². The number of rotatable bonds is 6. The van der Waals surface area contributed by atoms with Crippen molar-refractivity contribution in [2.24, 2.45) is 0 Å². The lowest BCUT2D eigenvalue weighted by Crippen LogP contribution is -2.43. The van der Waals surface area contributed by atoms with Crippen LogP contribution in [0.15, 0.2) is 57.9 Å².